The summed E-state index contributed by atoms with van der Waals surface area (Å²) in [5, 5.41) is 17.4. The molecule has 2 atom stereocenters. The number of amides is 1. The maximum atomic E-state index is 13.4. The van der Waals surface area contributed by atoms with Crippen LogP contribution in [-0.4, -0.2) is 125 Å². The average Bonchev–Trinajstić information content (AvgIpc) is 3.08. The Kier molecular flexibility index (Phi) is 13.1. The first-order valence-electron chi connectivity index (χ1n) is 12.4. The fourth-order valence-electron chi connectivity index (χ4n) is 4.92. The number of nitrogens with one attached hydrogen (secondary N) is 1. The van der Waals surface area contributed by atoms with Crippen molar-refractivity contribution >= 4 is 24.7 Å². The van der Waals surface area contributed by atoms with Crippen molar-refractivity contribution in [2.24, 2.45) is 5.92 Å². The second kappa shape index (κ2) is 16.0. The van der Waals surface area contributed by atoms with Crippen LogP contribution in [0.4, 0.5) is 5.82 Å². The fraction of sp³-hybridized carbons (Fsp3) is 0.708. The van der Waals surface area contributed by atoms with Gasteiger partial charge in [0.1, 0.15) is 12.1 Å². The van der Waals surface area contributed by atoms with E-state index in [9.17, 15) is 4.79 Å². The highest BCUT2D eigenvalue weighted by Gasteiger charge is 2.35. The molecule has 1 aromatic heterocycles. The first kappa shape index (κ1) is 29.4. The van der Waals surface area contributed by atoms with Gasteiger partial charge in [0.05, 0.1) is 5.92 Å². The molecule has 3 N–H and O–H groups in total. The SMILES string of the molecule is Cc1cc(N[C@H]2CC[C@@H](C(=O)N3CCN(C)CC3)CN(C3CCOCC3)C2)ncn1.O=CO.O=CO. The van der Waals surface area contributed by atoms with Crippen LogP contribution in [0.1, 0.15) is 31.4 Å². The van der Waals surface area contributed by atoms with Gasteiger partial charge in [0, 0.05) is 76.3 Å². The van der Waals surface area contributed by atoms with Gasteiger partial charge >= 0.3 is 0 Å². The lowest BCUT2D eigenvalue weighted by atomic mass is 9.99. The molecule has 0 aromatic carbocycles. The van der Waals surface area contributed by atoms with Crippen LogP contribution in [-0.2, 0) is 19.1 Å². The van der Waals surface area contributed by atoms with Crippen LogP contribution in [0, 0.1) is 12.8 Å². The van der Waals surface area contributed by atoms with Crippen LogP contribution in [0.2, 0.25) is 0 Å². The molecule has 0 saturated carbocycles. The average molecular weight is 509 g/mol. The minimum absolute atomic E-state index is 0.0789. The lowest BCUT2D eigenvalue weighted by Gasteiger charge is -2.38. The second-order valence-corrected chi connectivity index (χ2v) is 9.30. The van der Waals surface area contributed by atoms with Gasteiger partial charge in [-0.2, -0.15) is 0 Å². The Morgan fingerprint density at radius 2 is 1.67 bits per heavy atom. The Morgan fingerprint density at radius 1 is 1.03 bits per heavy atom. The highest BCUT2D eigenvalue weighted by Crippen LogP contribution is 2.26. The number of nitrogens with zero attached hydrogens (tertiary/aromatic N) is 5. The molecule has 3 aliphatic rings. The summed E-state index contributed by atoms with van der Waals surface area (Å²) in [5.41, 5.74) is 0.963. The third-order valence-corrected chi connectivity index (χ3v) is 6.80. The zero-order chi connectivity index (χ0) is 26.3. The molecule has 0 bridgehead atoms. The Morgan fingerprint density at radius 3 is 2.28 bits per heavy atom. The van der Waals surface area contributed by atoms with E-state index in [2.05, 4.69) is 37.0 Å². The molecule has 36 heavy (non-hydrogen) atoms. The van der Waals surface area contributed by atoms with Gasteiger partial charge in [-0.25, -0.2) is 9.97 Å². The normalized spacial score (nSPS) is 23.7. The maximum Gasteiger partial charge on any atom is 0.290 e. The lowest BCUT2D eigenvalue weighted by molar-refractivity contribution is -0.138. The Bertz CT molecular complexity index is 795. The molecule has 0 radical (unpaired) electrons. The van der Waals surface area contributed by atoms with Crippen LogP contribution >= 0.6 is 0 Å². The van der Waals surface area contributed by atoms with Crippen molar-refractivity contribution < 1.29 is 29.3 Å². The van der Waals surface area contributed by atoms with E-state index in [-0.39, 0.29) is 24.9 Å². The van der Waals surface area contributed by atoms with Crippen molar-refractivity contribution in [3.63, 3.8) is 0 Å². The molecule has 4 rings (SSSR count). The number of ether oxygens (including phenoxy) is 1. The summed E-state index contributed by atoms with van der Waals surface area (Å²) in [6.07, 6.45) is 5.62. The molecule has 1 aromatic rings. The van der Waals surface area contributed by atoms with Crippen molar-refractivity contribution in [2.75, 3.05) is 64.8 Å². The van der Waals surface area contributed by atoms with Crippen LogP contribution in [0.3, 0.4) is 0 Å². The number of anilines is 1. The molecule has 3 aliphatic heterocycles. The monoisotopic (exact) mass is 508 g/mol. The van der Waals surface area contributed by atoms with Gasteiger partial charge in [-0.3, -0.25) is 19.3 Å². The Labute approximate surface area is 212 Å². The number of carboxylic acid groups (broad SMARTS) is 2. The summed E-state index contributed by atoms with van der Waals surface area (Å²) in [5.74, 6) is 1.30. The summed E-state index contributed by atoms with van der Waals surface area (Å²) in [7, 11) is 2.13. The molecular formula is C24H40N6O6. The van der Waals surface area contributed by atoms with Crippen LogP contribution in [0.15, 0.2) is 12.4 Å². The number of hydrogen-bond donors (Lipinski definition) is 3. The quantitative estimate of drug-likeness (QED) is 0.492. The molecule has 1 amide bonds. The number of aromatic nitrogens is 2. The third kappa shape index (κ3) is 9.67. The fourth-order valence-corrected chi connectivity index (χ4v) is 4.92. The highest BCUT2D eigenvalue weighted by molar-refractivity contribution is 5.79. The summed E-state index contributed by atoms with van der Waals surface area (Å²) in [6.45, 7) is 8.58. The number of piperazine rings is 1. The van der Waals surface area contributed by atoms with Gasteiger partial charge in [-0.05, 0) is 39.7 Å². The number of rotatable bonds is 4. The van der Waals surface area contributed by atoms with E-state index in [1.54, 1.807) is 6.33 Å². The third-order valence-electron chi connectivity index (χ3n) is 6.80. The summed E-state index contributed by atoms with van der Waals surface area (Å²) in [6, 6.07) is 2.78. The van der Waals surface area contributed by atoms with Crippen LogP contribution in [0.5, 0.6) is 0 Å². The number of carbonyl (C=O) groups excluding carboxylic acids is 1. The van der Waals surface area contributed by atoms with Crippen molar-refractivity contribution in [1.82, 2.24) is 24.7 Å². The van der Waals surface area contributed by atoms with E-state index in [4.69, 9.17) is 24.5 Å². The van der Waals surface area contributed by atoms with Gasteiger partial charge in [-0.1, -0.05) is 0 Å². The summed E-state index contributed by atoms with van der Waals surface area (Å²) in [4.78, 5) is 45.6. The van der Waals surface area contributed by atoms with E-state index in [0.717, 1.165) is 89.7 Å². The minimum atomic E-state index is -0.250. The molecule has 0 unspecified atom stereocenters. The van der Waals surface area contributed by atoms with E-state index in [0.29, 0.717) is 11.9 Å². The van der Waals surface area contributed by atoms with Crippen molar-refractivity contribution in [2.45, 2.75) is 44.7 Å². The van der Waals surface area contributed by atoms with Gasteiger partial charge in [-0.15, -0.1) is 0 Å². The summed E-state index contributed by atoms with van der Waals surface area (Å²) >= 11 is 0. The number of aryl methyl sites for hydroxylation is 1. The van der Waals surface area contributed by atoms with Gasteiger partial charge in [0.15, 0.2) is 0 Å². The zero-order valence-electron chi connectivity index (χ0n) is 21.3. The van der Waals surface area contributed by atoms with Crippen molar-refractivity contribution in [3.8, 4) is 0 Å². The topological polar surface area (TPSA) is 148 Å². The minimum Gasteiger partial charge on any atom is -0.483 e. The molecule has 0 spiro atoms. The van der Waals surface area contributed by atoms with Gasteiger partial charge in [0.2, 0.25) is 5.91 Å². The van der Waals surface area contributed by atoms with Gasteiger partial charge in [0.25, 0.3) is 12.9 Å². The highest BCUT2D eigenvalue weighted by atomic mass is 16.5. The Balaban J connectivity index is 0.000000693. The smallest absolute Gasteiger partial charge is 0.290 e. The largest absolute Gasteiger partial charge is 0.483 e. The predicted octanol–water partition coefficient (Wildman–Crippen LogP) is 0.632. The molecule has 4 heterocycles. The number of likely N-dealkylation sites (tertiary alicyclic amines) is 1. The molecular weight excluding hydrogens is 468 g/mol. The van der Waals surface area contributed by atoms with Crippen LogP contribution in [0.25, 0.3) is 0 Å². The van der Waals surface area contributed by atoms with E-state index in [1.165, 1.54) is 0 Å². The first-order valence-corrected chi connectivity index (χ1v) is 12.4. The zero-order valence-corrected chi connectivity index (χ0v) is 21.3. The second-order valence-electron chi connectivity index (χ2n) is 9.30. The number of hydrogen-bond acceptors (Lipinski definition) is 9. The standard InChI is InChI=1S/C22H36N6O2.2CH2O2/c1-17-13-21(24-16-23-17)25-19-4-3-18(22(29)27-9-7-26(2)8-10-27)14-28(15-19)20-5-11-30-12-6-20;2*2-1-3/h13,16,18-20H,3-12,14-15H2,1-2H3,(H,23,24,25);2*1H,(H,2,3)/t18-,19+;;/m1../s1. The van der Waals surface area contributed by atoms with E-state index < -0.39 is 0 Å². The van der Waals surface area contributed by atoms with Gasteiger partial charge < -0.3 is 30.1 Å². The molecule has 3 saturated heterocycles. The van der Waals surface area contributed by atoms with E-state index in [1.807, 2.05) is 13.0 Å². The predicted molar refractivity (Wildman–Crippen MR) is 134 cm³/mol. The maximum absolute atomic E-state index is 13.4. The molecule has 202 valence electrons. The van der Waals surface area contributed by atoms with Crippen molar-refractivity contribution in [1.29, 1.82) is 0 Å². The lowest BCUT2D eigenvalue weighted by Crippen LogP contribution is -2.51. The first-order chi connectivity index (χ1) is 17.4. The molecule has 0 aliphatic carbocycles. The molecule has 12 nitrogen and oxygen atoms in total. The van der Waals surface area contributed by atoms with Crippen molar-refractivity contribution in [3.05, 3.63) is 18.1 Å². The van der Waals surface area contributed by atoms with Crippen LogP contribution < -0.4 is 5.32 Å². The number of carbonyl (C=O) groups is 3. The molecule has 3 fully saturated rings. The number of likely N-dealkylation sites (N-methyl/N-ethyl adjacent to an activating group) is 1. The van der Waals surface area contributed by atoms with E-state index >= 15 is 0 Å². The molecule has 12 heteroatoms. The Hall–Kier alpha value is -2.83. The summed E-state index contributed by atoms with van der Waals surface area (Å²) < 4.78 is 5.60.